The number of likely N-dealkylation sites (tertiary alicyclic amines) is 1. The van der Waals surface area contributed by atoms with Crippen molar-refractivity contribution in [1.82, 2.24) is 10.2 Å². The molecule has 0 aromatic heterocycles. The third kappa shape index (κ3) is 7.36. The largest absolute Gasteiger partial charge is 0.449 e. The minimum Gasteiger partial charge on any atom is -0.449 e. The van der Waals surface area contributed by atoms with E-state index >= 15 is 0 Å². The second-order valence-corrected chi connectivity index (χ2v) is 6.41. The van der Waals surface area contributed by atoms with Gasteiger partial charge in [-0.3, -0.25) is 4.79 Å². The Balaban J connectivity index is 2.23. The zero-order valence-corrected chi connectivity index (χ0v) is 13.0. The fourth-order valence-electron chi connectivity index (χ4n) is 2.23. The van der Waals surface area contributed by atoms with Crippen LogP contribution >= 0.6 is 0 Å². The van der Waals surface area contributed by atoms with Gasteiger partial charge in [-0.1, -0.05) is 19.3 Å². The Hall–Kier alpha value is -1.26. The average Bonchev–Trinajstić information content (AvgIpc) is 2.25. The number of carbonyl (C=O) groups is 2. The van der Waals surface area contributed by atoms with E-state index in [0.29, 0.717) is 0 Å². The molecule has 5 heteroatoms. The Morgan fingerprint density at radius 2 is 1.60 bits per heavy atom. The van der Waals surface area contributed by atoms with Crippen LogP contribution in [0.2, 0.25) is 0 Å². The van der Waals surface area contributed by atoms with E-state index < -0.39 is 6.09 Å². The minimum absolute atomic E-state index is 0.0930. The average molecular weight is 284 g/mol. The minimum atomic E-state index is -0.460. The van der Waals surface area contributed by atoms with Gasteiger partial charge in [-0.05, 0) is 33.6 Å². The Morgan fingerprint density at radius 1 is 1.05 bits per heavy atom. The molecule has 116 valence electrons. The van der Waals surface area contributed by atoms with Gasteiger partial charge >= 0.3 is 6.09 Å². The summed E-state index contributed by atoms with van der Waals surface area (Å²) in [4.78, 5) is 25.4. The van der Waals surface area contributed by atoms with E-state index in [1.54, 1.807) is 0 Å². The molecule has 0 spiro atoms. The lowest BCUT2D eigenvalue weighted by molar-refractivity contribution is -0.132. The van der Waals surface area contributed by atoms with Gasteiger partial charge in [0.1, 0.15) is 6.61 Å². The maximum absolute atomic E-state index is 12.0. The molecular formula is C15H28N2O3. The van der Waals surface area contributed by atoms with E-state index in [0.717, 1.165) is 25.9 Å². The van der Waals surface area contributed by atoms with Crippen molar-refractivity contribution < 1.29 is 14.3 Å². The zero-order valence-electron chi connectivity index (χ0n) is 13.0. The van der Waals surface area contributed by atoms with E-state index in [2.05, 4.69) is 5.32 Å². The molecule has 0 unspecified atom stereocenters. The maximum atomic E-state index is 12.0. The molecule has 1 fully saturated rings. The molecule has 0 bridgehead atoms. The van der Waals surface area contributed by atoms with Gasteiger partial charge < -0.3 is 15.0 Å². The van der Waals surface area contributed by atoms with Crippen LogP contribution in [0, 0.1) is 0 Å². The predicted molar refractivity (Wildman–Crippen MR) is 78.5 cm³/mol. The van der Waals surface area contributed by atoms with Crippen LogP contribution in [-0.4, -0.2) is 42.1 Å². The molecule has 1 aliphatic heterocycles. The summed E-state index contributed by atoms with van der Waals surface area (Å²) < 4.78 is 5.04. The summed E-state index contributed by atoms with van der Waals surface area (Å²) in [5, 5.41) is 2.70. The Kier molecular flexibility index (Phi) is 6.82. The molecule has 1 aliphatic rings. The molecule has 0 aromatic carbocycles. The van der Waals surface area contributed by atoms with Crippen molar-refractivity contribution in [1.29, 1.82) is 0 Å². The molecule has 5 nitrogen and oxygen atoms in total. The van der Waals surface area contributed by atoms with Gasteiger partial charge in [0.05, 0.1) is 6.42 Å². The van der Waals surface area contributed by atoms with Gasteiger partial charge in [-0.15, -0.1) is 0 Å². The van der Waals surface area contributed by atoms with Gasteiger partial charge in [-0.25, -0.2) is 4.79 Å². The Morgan fingerprint density at radius 3 is 2.15 bits per heavy atom. The number of carbonyl (C=O) groups excluding carboxylic acids is 2. The first-order valence-electron chi connectivity index (χ1n) is 7.61. The zero-order chi connectivity index (χ0) is 15.0. The van der Waals surface area contributed by atoms with Gasteiger partial charge in [0.2, 0.25) is 5.91 Å². The van der Waals surface area contributed by atoms with Gasteiger partial charge in [0, 0.05) is 18.6 Å². The highest BCUT2D eigenvalue weighted by Gasteiger charge is 2.17. The van der Waals surface area contributed by atoms with Crippen LogP contribution in [0.3, 0.4) is 0 Å². The van der Waals surface area contributed by atoms with Crippen LogP contribution in [0.25, 0.3) is 0 Å². The first kappa shape index (κ1) is 16.8. The molecule has 0 aliphatic carbocycles. The first-order chi connectivity index (χ1) is 9.38. The third-order valence-corrected chi connectivity index (χ3v) is 3.23. The highest BCUT2D eigenvalue weighted by atomic mass is 16.5. The molecule has 1 saturated heterocycles. The van der Waals surface area contributed by atoms with Crippen LogP contribution in [0.4, 0.5) is 4.79 Å². The van der Waals surface area contributed by atoms with Gasteiger partial charge in [0.25, 0.3) is 0 Å². The molecule has 1 heterocycles. The lowest BCUT2D eigenvalue weighted by Gasteiger charge is -2.25. The van der Waals surface area contributed by atoms with Crippen LogP contribution in [-0.2, 0) is 9.53 Å². The Bertz CT molecular complexity index is 316. The number of hydrogen-bond acceptors (Lipinski definition) is 3. The van der Waals surface area contributed by atoms with E-state index in [1.807, 2.05) is 25.7 Å². The number of nitrogens with one attached hydrogen (secondary N) is 1. The number of ether oxygens (including phenoxy) is 1. The summed E-state index contributed by atoms with van der Waals surface area (Å²) >= 11 is 0. The molecule has 0 saturated carbocycles. The summed E-state index contributed by atoms with van der Waals surface area (Å²) in [6, 6.07) is 0. The van der Waals surface area contributed by atoms with Crippen LogP contribution < -0.4 is 5.32 Å². The molecule has 0 atom stereocenters. The highest BCUT2D eigenvalue weighted by Crippen LogP contribution is 2.11. The van der Waals surface area contributed by atoms with E-state index in [1.165, 1.54) is 19.3 Å². The van der Waals surface area contributed by atoms with Crippen molar-refractivity contribution in [2.24, 2.45) is 0 Å². The van der Waals surface area contributed by atoms with Crippen molar-refractivity contribution in [2.45, 2.75) is 64.8 Å². The normalized spacial score (nSPS) is 17.1. The fraction of sp³-hybridized carbons (Fsp3) is 0.867. The number of nitrogens with zero attached hydrogens (tertiary/aromatic N) is 1. The number of hydrogen-bond donors (Lipinski definition) is 1. The molecule has 0 aromatic rings. The monoisotopic (exact) mass is 284 g/mol. The lowest BCUT2D eigenvalue weighted by Crippen LogP contribution is -2.41. The van der Waals surface area contributed by atoms with Crippen molar-refractivity contribution in [3.63, 3.8) is 0 Å². The highest BCUT2D eigenvalue weighted by molar-refractivity contribution is 5.76. The standard InChI is InChI=1S/C15H28N2O3/c1-15(2,3)16-14(19)20-12-9-13(18)17-10-7-5-4-6-8-11-17/h4-12H2,1-3H3,(H,16,19). The van der Waals surface area contributed by atoms with Gasteiger partial charge in [0.15, 0.2) is 0 Å². The second-order valence-electron chi connectivity index (χ2n) is 6.41. The van der Waals surface area contributed by atoms with Crippen LogP contribution in [0.1, 0.15) is 59.3 Å². The second kappa shape index (κ2) is 8.12. The fourth-order valence-corrected chi connectivity index (χ4v) is 2.23. The summed E-state index contributed by atoms with van der Waals surface area (Å²) in [5.41, 5.74) is -0.315. The van der Waals surface area contributed by atoms with Crippen LogP contribution in [0.15, 0.2) is 0 Å². The van der Waals surface area contributed by atoms with Crippen molar-refractivity contribution >= 4 is 12.0 Å². The van der Waals surface area contributed by atoms with Crippen molar-refractivity contribution in [2.75, 3.05) is 19.7 Å². The molecule has 20 heavy (non-hydrogen) atoms. The van der Waals surface area contributed by atoms with E-state index in [-0.39, 0.29) is 24.5 Å². The smallest absolute Gasteiger partial charge is 0.407 e. The first-order valence-corrected chi connectivity index (χ1v) is 7.61. The van der Waals surface area contributed by atoms with Crippen LogP contribution in [0.5, 0.6) is 0 Å². The van der Waals surface area contributed by atoms with Gasteiger partial charge in [-0.2, -0.15) is 0 Å². The SMILES string of the molecule is CC(C)(C)NC(=O)OCCC(=O)N1CCCCCCC1. The third-order valence-electron chi connectivity index (χ3n) is 3.23. The lowest BCUT2D eigenvalue weighted by atomic mass is 10.1. The number of rotatable bonds is 3. The van der Waals surface area contributed by atoms with E-state index in [4.69, 9.17) is 4.74 Å². The summed E-state index contributed by atoms with van der Waals surface area (Å²) in [7, 11) is 0. The van der Waals surface area contributed by atoms with E-state index in [9.17, 15) is 9.59 Å². The Labute approximate surface area is 122 Å². The molecular weight excluding hydrogens is 256 g/mol. The number of amides is 2. The van der Waals surface area contributed by atoms with Crippen molar-refractivity contribution in [3.8, 4) is 0 Å². The summed E-state index contributed by atoms with van der Waals surface area (Å²) in [6.45, 7) is 7.50. The van der Waals surface area contributed by atoms with Crippen molar-refractivity contribution in [3.05, 3.63) is 0 Å². The quantitative estimate of drug-likeness (QED) is 0.867. The predicted octanol–water partition coefficient (Wildman–Crippen LogP) is 2.69. The number of alkyl carbamates (subject to hydrolysis) is 1. The topological polar surface area (TPSA) is 58.6 Å². The molecule has 0 radical (unpaired) electrons. The summed E-state index contributed by atoms with van der Waals surface area (Å²) in [6.07, 6.45) is 5.66. The maximum Gasteiger partial charge on any atom is 0.407 e. The molecule has 2 amide bonds. The molecule has 1 N–H and O–H groups in total. The molecule has 1 rings (SSSR count). The summed E-state index contributed by atoms with van der Waals surface area (Å²) in [5.74, 6) is 0.0930.